The number of allylic oxidation sites excluding steroid dienone is 1. The minimum atomic E-state index is -2.77. The van der Waals surface area contributed by atoms with Gasteiger partial charge in [-0.15, -0.1) is 11.3 Å². The number of ether oxygens (including phenoxy) is 1. The molecule has 10 heteroatoms. The molecule has 4 rings (SSSR count). The zero-order valence-electron chi connectivity index (χ0n) is 14.9. The van der Waals surface area contributed by atoms with Crippen LogP contribution < -0.4 is 0 Å². The van der Waals surface area contributed by atoms with Crippen LogP contribution in [-0.4, -0.2) is 41.3 Å². The molecule has 3 heterocycles. The predicted molar refractivity (Wildman–Crippen MR) is 105 cm³/mol. The molecule has 0 radical (unpaired) electrons. The first-order chi connectivity index (χ1) is 14.0. The number of fused-ring (bicyclic) bond motifs is 1. The average Bonchev–Trinajstić information content (AvgIpc) is 3.37. The Hall–Kier alpha value is -2.20. The summed E-state index contributed by atoms with van der Waals surface area (Å²) in [5.74, 6) is -0.674. The highest BCUT2D eigenvalue weighted by atomic mass is 79.9. The number of carbonyl (C=O) groups excluding carboxylic acids is 1. The van der Waals surface area contributed by atoms with E-state index < -0.39 is 30.9 Å². The Kier molecular flexibility index (Phi) is 5.73. The number of nitrogens with zero attached hydrogens (tertiary/aromatic N) is 3. The second-order valence-electron chi connectivity index (χ2n) is 6.46. The molecular formula is C19H15BrF3N3O2S. The Morgan fingerprint density at radius 2 is 2.24 bits per heavy atom. The van der Waals surface area contributed by atoms with Gasteiger partial charge in [0.2, 0.25) is 0 Å². The second kappa shape index (κ2) is 8.27. The van der Waals surface area contributed by atoms with Crippen molar-refractivity contribution in [2.24, 2.45) is 4.99 Å². The molecule has 1 aromatic carbocycles. The first-order valence-electron chi connectivity index (χ1n) is 8.84. The van der Waals surface area contributed by atoms with Gasteiger partial charge < -0.3 is 9.64 Å². The van der Waals surface area contributed by atoms with Crippen LogP contribution in [0.25, 0.3) is 0 Å². The van der Waals surface area contributed by atoms with Gasteiger partial charge in [0.1, 0.15) is 11.9 Å². The van der Waals surface area contributed by atoms with Crippen LogP contribution in [0.3, 0.4) is 0 Å². The third-order valence-corrected chi connectivity index (χ3v) is 6.11. The number of hydrogen-bond donors (Lipinski definition) is 0. The number of benzene rings is 1. The highest BCUT2D eigenvalue weighted by Crippen LogP contribution is 2.42. The maximum atomic E-state index is 13.6. The van der Waals surface area contributed by atoms with Gasteiger partial charge >= 0.3 is 5.97 Å². The molecule has 0 bridgehead atoms. The summed E-state index contributed by atoms with van der Waals surface area (Å²) < 4.78 is 44.1. The van der Waals surface area contributed by atoms with Crippen LogP contribution in [0.2, 0.25) is 0 Å². The Labute approximate surface area is 177 Å². The summed E-state index contributed by atoms with van der Waals surface area (Å²) in [5.41, 5.74) is 1.44. The number of esters is 1. The van der Waals surface area contributed by atoms with Crippen LogP contribution in [0.4, 0.5) is 13.2 Å². The van der Waals surface area contributed by atoms with Gasteiger partial charge in [-0.25, -0.2) is 22.9 Å². The average molecular weight is 486 g/mol. The maximum absolute atomic E-state index is 13.6. The lowest BCUT2D eigenvalue weighted by Crippen LogP contribution is -2.35. The fraction of sp³-hybridized carbons (Fsp3) is 0.316. The molecule has 152 valence electrons. The number of alkyl halides is 2. The van der Waals surface area contributed by atoms with E-state index in [0.29, 0.717) is 39.5 Å². The lowest BCUT2D eigenvalue weighted by Gasteiger charge is -2.32. The van der Waals surface area contributed by atoms with Crippen LogP contribution in [0.15, 0.2) is 50.5 Å². The molecule has 1 unspecified atom stereocenters. The highest BCUT2D eigenvalue weighted by molar-refractivity contribution is 9.10. The molecule has 0 amide bonds. The lowest BCUT2D eigenvalue weighted by molar-refractivity contribution is -0.143. The summed E-state index contributed by atoms with van der Waals surface area (Å²) in [6.45, 7) is -0.355. The van der Waals surface area contributed by atoms with E-state index in [9.17, 15) is 18.0 Å². The maximum Gasteiger partial charge on any atom is 0.338 e. The zero-order chi connectivity index (χ0) is 20.5. The Bertz CT molecular complexity index is 995. The predicted octanol–water partition coefficient (Wildman–Crippen LogP) is 4.70. The number of rotatable bonds is 5. The van der Waals surface area contributed by atoms with Crippen LogP contribution >= 0.6 is 27.3 Å². The minimum absolute atomic E-state index is 0.204. The quantitative estimate of drug-likeness (QED) is 0.575. The second-order valence-corrected chi connectivity index (χ2v) is 8.21. The van der Waals surface area contributed by atoms with Gasteiger partial charge in [0.05, 0.1) is 5.57 Å². The van der Waals surface area contributed by atoms with Crippen LogP contribution in [0.1, 0.15) is 29.5 Å². The summed E-state index contributed by atoms with van der Waals surface area (Å²) >= 11 is 4.75. The first kappa shape index (κ1) is 20.1. The van der Waals surface area contributed by atoms with Crippen molar-refractivity contribution in [1.29, 1.82) is 0 Å². The zero-order valence-corrected chi connectivity index (χ0v) is 17.4. The van der Waals surface area contributed by atoms with Gasteiger partial charge in [-0.05, 0) is 30.5 Å². The summed E-state index contributed by atoms with van der Waals surface area (Å²) in [6.07, 6.45) is 0.261. The molecule has 0 spiro atoms. The van der Waals surface area contributed by atoms with Gasteiger partial charge in [-0.2, -0.15) is 0 Å². The van der Waals surface area contributed by atoms with Gasteiger partial charge in [0, 0.05) is 28.3 Å². The molecule has 0 N–H and O–H groups in total. The Balaban J connectivity index is 1.84. The number of halogens is 4. The first-order valence-corrected chi connectivity index (χ1v) is 10.5. The van der Waals surface area contributed by atoms with Crippen molar-refractivity contribution in [3.8, 4) is 0 Å². The van der Waals surface area contributed by atoms with Crippen molar-refractivity contribution in [2.45, 2.75) is 25.3 Å². The van der Waals surface area contributed by atoms with Gasteiger partial charge in [0.25, 0.3) is 6.43 Å². The van der Waals surface area contributed by atoms with Crippen molar-refractivity contribution in [3.63, 3.8) is 0 Å². The number of hydrogen-bond acceptors (Lipinski definition) is 6. The topological polar surface area (TPSA) is 54.8 Å². The van der Waals surface area contributed by atoms with E-state index in [1.165, 1.54) is 29.5 Å². The van der Waals surface area contributed by atoms with Crippen molar-refractivity contribution in [3.05, 3.63) is 61.9 Å². The van der Waals surface area contributed by atoms with E-state index in [0.717, 1.165) is 6.42 Å². The van der Waals surface area contributed by atoms with E-state index in [2.05, 4.69) is 20.9 Å². The van der Waals surface area contributed by atoms with Crippen molar-refractivity contribution in [1.82, 2.24) is 9.88 Å². The van der Waals surface area contributed by atoms with E-state index in [-0.39, 0.29) is 5.57 Å². The highest BCUT2D eigenvalue weighted by Gasteiger charge is 2.39. The number of aromatic nitrogens is 1. The van der Waals surface area contributed by atoms with Crippen molar-refractivity contribution >= 4 is 39.1 Å². The lowest BCUT2D eigenvalue weighted by atomic mass is 9.94. The molecule has 2 aromatic rings. The van der Waals surface area contributed by atoms with Gasteiger partial charge in [0.15, 0.2) is 17.5 Å². The van der Waals surface area contributed by atoms with Crippen molar-refractivity contribution < 1.29 is 22.7 Å². The number of carbonyl (C=O) groups is 1. The van der Waals surface area contributed by atoms with Crippen LogP contribution in [-0.2, 0) is 9.53 Å². The summed E-state index contributed by atoms with van der Waals surface area (Å²) in [4.78, 5) is 23.8. The van der Waals surface area contributed by atoms with E-state index >= 15 is 0 Å². The van der Waals surface area contributed by atoms with Crippen LogP contribution in [0.5, 0.6) is 0 Å². The monoisotopic (exact) mass is 485 g/mol. The molecule has 2 aliphatic rings. The molecular weight excluding hydrogens is 471 g/mol. The summed E-state index contributed by atoms with van der Waals surface area (Å²) in [7, 11) is 0. The number of amidine groups is 1. The van der Waals surface area contributed by atoms with E-state index in [4.69, 9.17) is 9.73 Å². The molecule has 1 fully saturated rings. The molecule has 29 heavy (non-hydrogen) atoms. The van der Waals surface area contributed by atoms with Crippen molar-refractivity contribution in [2.75, 3.05) is 13.2 Å². The Morgan fingerprint density at radius 1 is 1.41 bits per heavy atom. The molecule has 1 saturated heterocycles. The van der Waals surface area contributed by atoms with E-state index in [1.54, 1.807) is 6.20 Å². The molecule has 0 aliphatic carbocycles. The number of aliphatic imine (C=N–C) groups is 1. The van der Waals surface area contributed by atoms with Gasteiger partial charge in [-0.1, -0.05) is 22.0 Å². The smallest absolute Gasteiger partial charge is 0.338 e. The largest absolute Gasteiger partial charge is 0.456 e. The van der Waals surface area contributed by atoms with Gasteiger partial charge in [-0.3, -0.25) is 4.99 Å². The fourth-order valence-corrected chi connectivity index (χ4v) is 4.71. The fourth-order valence-electron chi connectivity index (χ4n) is 3.50. The Morgan fingerprint density at radius 3 is 2.93 bits per heavy atom. The molecule has 2 aliphatic heterocycles. The third kappa shape index (κ3) is 3.95. The molecule has 1 aromatic heterocycles. The minimum Gasteiger partial charge on any atom is -0.456 e. The number of thiazole rings is 1. The molecule has 5 nitrogen and oxygen atoms in total. The normalized spacial score (nSPS) is 18.9. The standard InChI is InChI=1S/C19H15BrF3N3O2S/c20-12-8-10(21)3-4-11(12)16-15(19(27)28-9-14(22)23)13-2-1-6-26(13)17(25-16)18-24-5-7-29-18/h3-5,7-8,14,16H,1-2,6,9H2. The SMILES string of the molecule is O=C(OCC(F)F)C1=C2CCCN2C(c2nccs2)=NC1c1ccc(F)cc1Br. The van der Waals surface area contributed by atoms with Crippen LogP contribution in [0, 0.1) is 5.82 Å². The third-order valence-electron chi connectivity index (χ3n) is 4.65. The molecule has 0 saturated carbocycles. The van der Waals surface area contributed by atoms with E-state index in [1.807, 2.05) is 10.3 Å². The molecule has 1 atom stereocenters. The summed E-state index contributed by atoms with van der Waals surface area (Å²) in [5, 5.41) is 2.51. The summed E-state index contributed by atoms with van der Waals surface area (Å²) in [6, 6.07) is 3.26.